The average Bonchev–Trinajstić information content (AvgIpc) is 3.18. The van der Waals surface area contributed by atoms with Crippen LogP contribution in [-0.4, -0.2) is 30.6 Å². The largest absolute Gasteiger partial charge is 0.236 e. The first-order valence-electron chi connectivity index (χ1n) is 6.60. The quantitative estimate of drug-likeness (QED) is 0.763. The van der Waals surface area contributed by atoms with E-state index >= 15 is 0 Å². The lowest BCUT2D eigenvalue weighted by Crippen LogP contribution is -1.97. The van der Waals surface area contributed by atoms with E-state index in [0.717, 1.165) is 35.5 Å². The van der Waals surface area contributed by atoms with Gasteiger partial charge < -0.3 is 0 Å². The topological polar surface area (TPSA) is 80.2 Å². The van der Waals surface area contributed by atoms with Gasteiger partial charge >= 0.3 is 0 Å². The van der Waals surface area contributed by atoms with Crippen LogP contribution in [0.1, 0.15) is 17.7 Å². The molecular formula is C14H12N6. The van der Waals surface area contributed by atoms with E-state index < -0.39 is 0 Å². The highest BCUT2D eigenvalue weighted by molar-refractivity contribution is 5.76. The minimum atomic E-state index is 0.560. The zero-order valence-corrected chi connectivity index (χ0v) is 10.7. The number of aryl methyl sites for hydroxylation is 2. The van der Waals surface area contributed by atoms with E-state index in [1.807, 2.05) is 30.5 Å². The summed E-state index contributed by atoms with van der Waals surface area (Å²) in [6, 6.07) is 7.86. The van der Waals surface area contributed by atoms with Gasteiger partial charge in [0.1, 0.15) is 0 Å². The highest BCUT2D eigenvalue weighted by atomic mass is 15.5. The maximum Gasteiger partial charge on any atom is 0.205 e. The number of rotatable bonds is 2. The number of fused-ring (bicyclic) bond motifs is 1. The van der Waals surface area contributed by atoms with Crippen LogP contribution in [0.3, 0.4) is 0 Å². The van der Waals surface area contributed by atoms with Crippen molar-refractivity contribution >= 4 is 0 Å². The van der Waals surface area contributed by atoms with Gasteiger partial charge in [-0.3, -0.25) is 0 Å². The molecule has 2 heterocycles. The van der Waals surface area contributed by atoms with Crippen molar-refractivity contribution in [2.24, 2.45) is 0 Å². The van der Waals surface area contributed by atoms with Crippen LogP contribution in [-0.2, 0) is 12.8 Å². The van der Waals surface area contributed by atoms with Crippen LogP contribution in [0.2, 0.25) is 0 Å². The van der Waals surface area contributed by atoms with Crippen LogP contribution >= 0.6 is 0 Å². The first kappa shape index (κ1) is 11.2. The summed E-state index contributed by atoms with van der Waals surface area (Å²) in [5.74, 6) is 1.29. The van der Waals surface area contributed by atoms with E-state index in [2.05, 4.69) is 25.6 Å². The van der Waals surface area contributed by atoms with Crippen molar-refractivity contribution in [3.63, 3.8) is 0 Å². The second-order valence-corrected chi connectivity index (χ2v) is 4.80. The first-order chi connectivity index (χ1) is 9.92. The molecule has 1 aliphatic carbocycles. The van der Waals surface area contributed by atoms with Crippen LogP contribution in [0.15, 0.2) is 30.5 Å². The third-order valence-electron chi connectivity index (χ3n) is 3.57. The van der Waals surface area contributed by atoms with E-state index in [-0.39, 0.29) is 0 Å². The van der Waals surface area contributed by atoms with Crippen LogP contribution in [0, 0.1) is 0 Å². The Morgan fingerprint density at radius 1 is 1.00 bits per heavy atom. The average molecular weight is 264 g/mol. The lowest BCUT2D eigenvalue weighted by atomic mass is 10.1. The minimum absolute atomic E-state index is 0.560. The molecule has 3 aromatic rings. The van der Waals surface area contributed by atoms with Crippen molar-refractivity contribution in [2.45, 2.75) is 19.3 Å². The number of aromatic nitrogens is 6. The summed E-state index contributed by atoms with van der Waals surface area (Å²) >= 11 is 0. The number of aromatic amines is 1. The molecule has 0 atom stereocenters. The normalized spacial score (nSPS) is 13.4. The number of nitrogens with one attached hydrogen (secondary N) is 1. The molecule has 0 amide bonds. The van der Waals surface area contributed by atoms with Gasteiger partial charge in [-0.05, 0) is 30.0 Å². The zero-order chi connectivity index (χ0) is 13.4. The van der Waals surface area contributed by atoms with E-state index in [4.69, 9.17) is 4.98 Å². The smallest absolute Gasteiger partial charge is 0.205 e. The van der Waals surface area contributed by atoms with Crippen LogP contribution in [0.5, 0.6) is 0 Å². The summed E-state index contributed by atoms with van der Waals surface area (Å²) in [5.41, 5.74) is 4.26. The fourth-order valence-electron chi connectivity index (χ4n) is 2.59. The standard InChI is InChI=1S/C14H12N6/c1-2-6-11(14-17-19-20-18-14)10(5-1)13-15-8-9-4-3-7-12(9)16-13/h1-2,5-6,8H,3-4,7H2,(H,17,18,19,20). The molecule has 0 saturated heterocycles. The van der Waals surface area contributed by atoms with E-state index in [0.29, 0.717) is 5.82 Å². The molecule has 1 aliphatic rings. The Balaban J connectivity index is 1.87. The molecule has 1 N–H and O–H groups in total. The summed E-state index contributed by atoms with van der Waals surface area (Å²) in [5, 5.41) is 14.2. The molecule has 0 unspecified atom stereocenters. The Labute approximate surface area is 115 Å². The highest BCUT2D eigenvalue weighted by Gasteiger charge is 2.17. The van der Waals surface area contributed by atoms with Crippen molar-refractivity contribution in [3.8, 4) is 22.8 Å². The second-order valence-electron chi connectivity index (χ2n) is 4.80. The number of nitrogens with zero attached hydrogens (tertiary/aromatic N) is 5. The molecule has 0 bridgehead atoms. The Morgan fingerprint density at radius 2 is 1.85 bits per heavy atom. The Kier molecular flexibility index (Phi) is 2.51. The lowest BCUT2D eigenvalue weighted by Gasteiger charge is -2.06. The fourth-order valence-corrected chi connectivity index (χ4v) is 2.59. The van der Waals surface area contributed by atoms with Gasteiger partial charge in [0.05, 0.1) is 0 Å². The molecule has 4 rings (SSSR count). The maximum absolute atomic E-state index is 4.70. The molecule has 0 radical (unpaired) electrons. The molecular weight excluding hydrogens is 252 g/mol. The summed E-state index contributed by atoms with van der Waals surface area (Å²) in [7, 11) is 0. The Morgan fingerprint density at radius 3 is 2.65 bits per heavy atom. The van der Waals surface area contributed by atoms with Crippen molar-refractivity contribution < 1.29 is 0 Å². The molecule has 0 saturated carbocycles. The number of benzene rings is 1. The van der Waals surface area contributed by atoms with Gasteiger partial charge in [-0.1, -0.05) is 24.3 Å². The highest BCUT2D eigenvalue weighted by Crippen LogP contribution is 2.29. The molecule has 20 heavy (non-hydrogen) atoms. The van der Waals surface area contributed by atoms with Crippen molar-refractivity contribution in [1.82, 2.24) is 30.6 Å². The maximum atomic E-state index is 4.70. The first-order valence-corrected chi connectivity index (χ1v) is 6.60. The van der Waals surface area contributed by atoms with Crippen LogP contribution in [0.25, 0.3) is 22.8 Å². The Hall–Kier alpha value is -2.63. The predicted molar refractivity (Wildman–Crippen MR) is 72.7 cm³/mol. The summed E-state index contributed by atoms with van der Waals surface area (Å²) in [6.45, 7) is 0. The summed E-state index contributed by atoms with van der Waals surface area (Å²) in [6.07, 6.45) is 5.23. The van der Waals surface area contributed by atoms with Crippen LogP contribution < -0.4 is 0 Å². The number of hydrogen-bond donors (Lipinski definition) is 1. The van der Waals surface area contributed by atoms with Gasteiger partial charge in [0.2, 0.25) is 5.82 Å². The van der Waals surface area contributed by atoms with Gasteiger partial charge in [0, 0.05) is 23.0 Å². The summed E-state index contributed by atoms with van der Waals surface area (Å²) in [4.78, 5) is 9.19. The number of tetrazole rings is 1. The van der Waals surface area contributed by atoms with Gasteiger partial charge in [-0.15, -0.1) is 10.2 Å². The molecule has 6 heteroatoms. The monoisotopic (exact) mass is 264 g/mol. The number of hydrogen-bond acceptors (Lipinski definition) is 5. The second kappa shape index (κ2) is 4.48. The van der Waals surface area contributed by atoms with Gasteiger partial charge in [-0.2, -0.15) is 5.21 Å². The molecule has 0 fully saturated rings. The fraction of sp³-hybridized carbons (Fsp3) is 0.214. The molecule has 98 valence electrons. The molecule has 6 nitrogen and oxygen atoms in total. The summed E-state index contributed by atoms with van der Waals surface area (Å²) < 4.78 is 0. The lowest BCUT2D eigenvalue weighted by molar-refractivity contribution is 0.881. The van der Waals surface area contributed by atoms with E-state index in [1.54, 1.807) is 0 Å². The van der Waals surface area contributed by atoms with Crippen LogP contribution in [0.4, 0.5) is 0 Å². The van der Waals surface area contributed by atoms with Crippen molar-refractivity contribution in [2.75, 3.05) is 0 Å². The minimum Gasteiger partial charge on any atom is -0.236 e. The Bertz CT molecular complexity index is 750. The predicted octanol–water partition coefficient (Wildman–Crippen LogP) is 1.81. The third-order valence-corrected chi connectivity index (χ3v) is 3.57. The van der Waals surface area contributed by atoms with E-state index in [9.17, 15) is 0 Å². The third kappa shape index (κ3) is 1.77. The van der Waals surface area contributed by atoms with Crippen molar-refractivity contribution in [3.05, 3.63) is 41.7 Å². The van der Waals surface area contributed by atoms with Crippen molar-refractivity contribution in [1.29, 1.82) is 0 Å². The molecule has 1 aromatic carbocycles. The molecule has 0 spiro atoms. The SMILES string of the molecule is c1ccc(-c2ncc3c(n2)CCC3)c(-c2nn[nH]n2)c1. The number of H-pyrrole nitrogens is 1. The van der Waals surface area contributed by atoms with E-state index in [1.165, 1.54) is 12.0 Å². The van der Waals surface area contributed by atoms with Gasteiger partial charge in [0.25, 0.3) is 0 Å². The zero-order valence-electron chi connectivity index (χ0n) is 10.7. The van der Waals surface area contributed by atoms with Gasteiger partial charge in [0.15, 0.2) is 5.82 Å². The molecule has 2 aromatic heterocycles. The van der Waals surface area contributed by atoms with Gasteiger partial charge in [-0.25, -0.2) is 9.97 Å². The molecule has 0 aliphatic heterocycles.